The molecule has 0 bridgehead atoms. The van der Waals surface area contributed by atoms with Gasteiger partial charge in [0.2, 0.25) is 0 Å². The number of nitrogens with zero attached hydrogens (tertiary/aromatic N) is 1. The van der Waals surface area contributed by atoms with Crippen molar-refractivity contribution in [3.05, 3.63) is 55.3 Å². The molecule has 0 saturated heterocycles. The van der Waals surface area contributed by atoms with Crippen molar-refractivity contribution in [2.24, 2.45) is 0 Å². The van der Waals surface area contributed by atoms with Crippen LogP contribution in [-0.4, -0.2) is 16.0 Å². The lowest BCUT2D eigenvalue weighted by atomic mass is 10.1. The SMILES string of the molecule is Cc1cc(CNc2cc(C(=O)O)ccc2[N+](=O)[O-])sc1C. The number of aryl methyl sites for hydroxylation is 2. The smallest absolute Gasteiger partial charge is 0.335 e. The number of anilines is 1. The van der Waals surface area contributed by atoms with Gasteiger partial charge >= 0.3 is 5.97 Å². The van der Waals surface area contributed by atoms with Gasteiger partial charge in [-0.05, 0) is 37.6 Å². The molecule has 110 valence electrons. The zero-order chi connectivity index (χ0) is 15.6. The highest BCUT2D eigenvalue weighted by atomic mass is 32.1. The average Bonchev–Trinajstić information content (AvgIpc) is 2.75. The third-order valence-corrected chi connectivity index (χ3v) is 4.26. The number of benzene rings is 1. The van der Waals surface area contributed by atoms with Gasteiger partial charge in [-0.25, -0.2) is 4.79 Å². The molecule has 0 aliphatic rings. The van der Waals surface area contributed by atoms with E-state index in [2.05, 4.69) is 5.32 Å². The van der Waals surface area contributed by atoms with Gasteiger partial charge in [-0.3, -0.25) is 10.1 Å². The summed E-state index contributed by atoms with van der Waals surface area (Å²) in [6, 6.07) is 5.73. The van der Waals surface area contributed by atoms with Gasteiger partial charge in [0.05, 0.1) is 10.5 Å². The van der Waals surface area contributed by atoms with Crippen LogP contribution in [0.4, 0.5) is 11.4 Å². The summed E-state index contributed by atoms with van der Waals surface area (Å²) in [6.07, 6.45) is 0. The van der Waals surface area contributed by atoms with E-state index >= 15 is 0 Å². The number of carbonyl (C=O) groups is 1. The number of rotatable bonds is 5. The van der Waals surface area contributed by atoms with Gasteiger partial charge in [0.15, 0.2) is 0 Å². The summed E-state index contributed by atoms with van der Waals surface area (Å²) in [7, 11) is 0. The highest BCUT2D eigenvalue weighted by molar-refractivity contribution is 7.12. The molecule has 2 rings (SSSR count). The molecule has 6 nitrogen and oxygen atoms in total. The first kappa shape index (κ1) is 15.0. The van der Waals surface area contributed by atoms with Crippen molar-refractivity contribution in [2.45, 2.75) is 20.4 Å². The lowest BCUT2D eigenvalue weighted by Crippen LogP contribution is -2.04. The van der Waals surface area contributed by atoms with Gasteiger partial charge in [-0.15, -0.1) is 11.3 Å². The third kappa shape index (κ3) is 3.38. The lowest BCUT2D eigenvalue weighted by Gasteiger charge is -2.07. The number of thiophene rings is 1. The molecule has 0 amide bonds. The lowest BCUT2D eigenvalue weighted by molar-refractivity contribution is -0.384. The molecule has 0 unspecified atom stereocenters. The first-order chi connectivity index (χ1) is 9.88. The fraction of sp³-hybridized carbons (Fsp3) is 0.214. The van der Waals surface area contributed by atoms with Crippen molar-refractivity contribution in [3.8, 4) is 0 Å². The maximum Gasteiger partial charge on any atom is 0.335 e. The van der Waals surface area contributed by atoms with E-state index < -0.39 is 10.9 Å². The zero-order valence-electron chi connectivity index (χ0n) is 11.5. The molecule has 0 fully saturated rings. The van der Waals surface area contributed by atoms with Crippen molar-refractivity contribution in [3.63, 3.8) is 0 Å². The maximum atomic E-state index is 11.0. The van der Waals surface area contributed by atoms with E-state index in [4.69, 9.17) is 5.11 Å². The number of nitrogens with one attached hydrogen (secondary N) is 1. The fourth-order valence-electron chi connectivity index (χ4n) is 1.89. The predicted octanol–water partition coefficient (Wildman–Crippen LogP) is 3.58. The highest BCUT2D eigenvalue weighted by Crippen LogP contribution is 2.27. The Labute approximate surface area is 125 Å². The number of hydrogen-bond donors (Lipinski definition) is 2. The van der Waals surface area contributed by atoms with Crippen LogP contribution in [0.3, 0.4) is 0 Å². The normalized spacial score (nSPS) is 10.4. The number of nitro benzene ring substituents is 1. The van der Waals surface area contributed by atoms with Gasteiger partial charge in [-0.1, -0.05) is 0 Å². The van der Waals surface area contributed by atoms with Crippen molar-refractivity contribution >= 4 is 28.7 Å². The quantitative estimate of drug-likeness (QED) is 0.650. The van der Waals surface area contributed by atoms with Crippen LogP contribution < -0.4 is 5.32 Å². The molecule has 1 aromatic heterocycles. The summed E-state index contributed by atoms with van der Waals surface area (Å²) in [5, 5.41) is 22.9. The summed E-state index contributed by atoms with van der Waals surface area (Å²) >= 11 is 1.61. The Kier molecular flexibility index (Phi) is 4.23. The van der Waals surface area contributed by atoms with Crippen molar-refractivity contribution in [1.29, 1.82) is 0 Å². The molecule has 0 aliphatic heterocycles. The van der Waals surface area contributed by atoms with Gasteiger partial charge in [0.25, 0.3) is 5.69 Å². The van der Waals surface area contributed by atoms with Crippen LogP contribution in [0.5, 0.6) is 0 Å². The van der Waals surface area contributed by atoms with Crippen LogP contribution in [0.15, 0.2) is 24.3 Å². The van der Waals surface area contributed by atoms with Crippen molar-refractivity contribution < 1.29 is 14.8 Å². The Morgan fingerprint density at radius 1 is 1.38 bits per heavy atom. The minimum atomic E-state index is -1.12. The molecule has 0 saturated carbocycles. The monoisotopic (exact) mass is 306 g/mol. The van der Waals surface area contributed by atoms with E-state index in [1.165, 1.54) is 28.6 Å². The van der Waals surface area contributed by atoms with Crippen molar-refractivity contribution in [2.75, 3.05) is 5.32 Å². The average molecular weight is 306 g/mol. The number of nitro groups is 1. The molecule has 2 aromatic rings. The Hall–Kier alpha value is -2.41. The molecule has 21 heavy (non-hydrogen) atoms. The van der Waals surface area contributed by atoms with Crippen LogP contribution in [0.25, 0.3) is 0 Å². The molecular formula is C14H14N2O4S. The molecule has 1 heterocycles. The van der Waals surface area contributed by atoms with Crippen LogP contribution in [0.1, 0.15) is 25.7 Å². The second-order valence-corrected chi connectivity index (χ2v) is 5.94. The van der Waals surface area contributed by atoms with E-state index in [-0.39, 0.29) is 16.9 Å². The summed E-state index contributed by atoms with van der Waals surface area (Å²) in [5.74, 6) is -1.12. The minimum absolute atomic E-state index is 0.0154. The topological polar surface area (TPSA) is 92.5 Å². The predicted molar refractivity (Wildman–Crippen MR) is 81.2 cm³/mol. The maximum absolute atomic E-state index is 11.0. The standard InChI is InChI=1S/C14H14N2O4S/c1-8-5-11(21-9(8)2)7-15-12-6-10(14(17)18)3-4-13(12)16(19)20/h3-6,15H,7H2,1-2H3,(H,17,18). The Bertz CT molecular complexity index is 689. The molecule has 0 radical (unpaired) electrons. The second-order valence-electron chi connectivity index (χ2n) is 4.60. The number of carboxylic acid groups (broad SMARTS) is 1. The molecular weight excluding hydrogens is 292 g/mol. The van der Waals surface area contributed by atoms with Crippen molar-refractivity contribution in [1.82, 2.24) is 0 Å². The molecule has 0 aliphatic carbocycles. The Balaban J connectivity index is 2.26. The zero-order valence-corrected chi connectivity index (χ0v) is 12.4. The summed E-state index contributed by atoms with van der Waals surface area (Å²) in [4.78, 5) is 23.7. The van der Waals surface area contributed by atoms with Crippen LogP contribution in [0, 0.1) is 24.0 Å². The number of aromatic carboxylic acids is 1. The van der Waals surface area contributed by atoms with Crippen LogP contribution in [-0.2, 0) is 6.54 Å². The molecule has 0 spiro atoms. The van der Waals surface area contributed by atoms with Crippen LogP contribution in [0.2, 0.25) is 0 Å². The van der Waals surface area contributed by atoms with Gasteiger partial charge in [-0.2, -0.15) is 0 Å². The van der Waals surface area contributed by atoms with E-state index in [0.29, 0.717) is 6.54 Å². The van der Waals surface area contributed by atoms with Gasteiger partial charge in [0.1, 0.15) is 5.69 Å². The molecule has 0 atom stereocenters. The second kappa shape index (κ2) is 5.92. The van der Waals surface area contributed by atoms with E-state index in [9.17, 15) is 14.9 Å². The fourth-order valence-corrected chi connectivity index (χ4v) is 2.88. The number of hydrogen-bond acceptors (Lipinski definition) is 5. The Morgan fingerprint density at radius 3 is 2.62 bits per heavy atom. The largest absolute Gasteiger partial charge is 0.478 e. The van der Waals surface area contributed by atoms with Gasteiger partial charge < -0.3 is 10.4 Å². The summed E-state index contributed by atoms with van der Waals surface area (Å²) < 4.78 is 0. The first-order valence-electron chi connectivity index (χ1n) is 6.20. The minimum Gasteiger partial charge on any atom is -0.478 e. The number of carboxylic acids is 1. The summed E-state index contributed by atoms with van der Waals surface area (Å²) in [5.41, 5.74) is 1.26. The van der Waals surface area contributed by atoms with E-state index in [0.717, 1.165) is 4.88 Å². The summed E-state index contributed by atoms with van der Waals surface area (Å²) in [6.45, 7) is 4.43. The molecule has 1 aromatic carbocycles. The molecule has 7 heteroatoms. The molecule has 2 N–H and O–H groups in total. The third-order valence-electron chi connectivity index (χ3n) is 3.11. The Morgan fingerprint density at radius 2 is 2.10 bits per heavy atom. The van der Waals surface area contributed by atoms with Crippen LogP contribution >= 0.6 is 11.3 Å². The van der Waals surface area contributed by atoms with E-state index in [1.54, 1.807) is 11.3 Å². The highest BCUT2D eigenvalue weighted by Gasteiger charge is 2.16. The first-order valence-corrected chi connectivity index (χ1v) is 7.01. The van der Waals surface area contributed by atoms with Gasteiger partial charge in [0, 0.05) is 22.4 Å². The van der Waals surface area contributed by atoms with E-state index in [1.807, 2.05) is 19.9 Å².